The quantitative estimate of drug-likeness (QED) is 0.553. The number of benzene rings is 1. The summed E-state index contributed by atoms with van der Waals surface area (Å²) in [6, 6.07) is 14.2. The lowest BCUT2D eigenvalue weighted by Gasteiger charge is -1.96. The third-order valence-corrected chi connectivity index (χ3v) is 5.05. The smallest absolute Gasteiger partial charge is 0.134 e. The number of hydrogen-bond donors (Lipinski definition) is 0. The molecular weight excluding hydrogens is 364 g/mol. The maximum absolute atomic E-state index is 9.34. The first-order valence-electron chi connectivity index (χ1n) is 6.13. The van der Waals surface area contributed by atoms with Gasteiger partial charge in [-0.2, -0.15) is 5.26 Å². The van der Waals surface area contributed by atoms with Crippen molar-refractivity contribution in [1.29, 1.82) is 5.26 Å². The summed E-state index contributed by atoms with van der Waals surface area (Å²) in [5, 5.41) is 14.1. The van der Waals surface area contributed by atoms with Crippen molar-refractivity contribution in [3.8, 4) is 17.3 Å². The lowest BCUT2D eigenvalue weighted by molar-refractivity contribution is 1.37. The van der Waals surface area contributed by atoms with Crippen molar-refractivity contribution < 1.29 is 0 Å². The summed E-state index contributed by atoms with van der Waals surface area (Å²) in [5.41, 5.74) is 2.55. The Morgan fingerprint density at radius 2 is 2.00 bits per heavy atom. The number of halogens is 1. The minimum atomic E-state index is 0.603. The van der Waals surface area contributed by atoms with Gasteiger partial charge in [-0.1, -0.05) is 34.1 Å². The van der Waals surface area contributed by atoms with Crippen molar-refractivity contribution in [3.63, 3.8) is 0 Å². The average Bonchev–Trinajstić information content (AvgIpc) is 3.17. The highest BCUT2D eigenvalue weighted by Crippen LogP contribution is 2.28. The Hall–Kier alpha value is -1.74. The first-order valence-corrected chi connectivity index (χ1v) is 8.68. The minimum absolute atomic E-state index is 0.603. The van der Waals surface area contributed by atoms with E-state index in [9.17, 15) is 5.26 Å². The van der Waals surface area contributed by atoms with E-state index in [0.29, 0.717) is 5.57 Å². The molecule has 0 amide bonds. The highest BCUT2D eigenvalue weighted by Gasteiger charge is 2.09. The predicted octanol–water partition coefficient (Wildman–Crippen LogP) is 5.70. The van der Waals surface area contributed by atoms with Gasteiger partial charge >= 0.3 is 0 Å². The van der Waals surface area contributed by atoms with Crippen LogP contribution in [-0.4, -0.2) is 4.98 Å². The third kappa shape index (κ3) is 3.30. The Morgan fingerprint density at radius 1 is 1.19 bits per heavy atom. The van der Waals surface area contributed by atoms with Crippen LogP contribution in [0.1, 0.15) is 9.88 Å². The molecule has 0 N–H and O–H groups in total. The summed E-state index contributed by atoms with van der Waals surface area (Å²) in [4.78, 5) is 5.64. The Kier molecular flexibility index (Phi) is 4.30. The molecule has 2 aromatic heterocycles. The van der Waals surface area contributed by atoms with Crippen LogP contribution >= 0.6 is 38.6 Å². The lowest BCUT2D eigenvalue weighted by atomic mass is 10.2. The summed E-state index contributed by atoms with van der Waals surface area (Å²) in [5.74, 6) is 0. The standard InChI is InChI=1S/C16H9BrN2S2/c17-13-5-3-11(4-6-13)15-10-21-16(19-15)12(9-18)8-14-2-1-7-20-14/h1-8,10H. The molecule has 0 bridgehead atoms. The van der Waals surface area contributed by atoms with E-state index in [1.807, 2.05) is 53.2 Å². The molecule has 0 saturated heterocycles. The zero-order valence-electron chi connectivity index (χ0n) is 10.8. The van der Waals surface area contributed by atoms with E-state index in [2.05, 4.69) is 27.0 Å². The van der Waals surface area contributed by atoms with Crippen LogP contribution in [0.3, 0.4) is 0 Å². The Balaban J connectivity index is 1.94. The summed E-state index contributed by atoms with van der Waals surface area (Å²) in [6.45, 7) is 0. The second kappa shape index (κ2) is 6.35. The summed E-state index contributed by atoms with van der Waals surface area (Å²) < 4.78 is 1.04. The fourth-order valence-corrected chi connectivity index (χ4v) is 3.52. The van der Waals surface area contributed by atoms with Crippen molar-refractivity contribution in [2.45, 2.75) is 0 Å². The molecule has 0 fully saturated rings. The summed E-state index contributed by atoms with van der Waals surface area (Å²) in [7, 11) is 0. The van der Waals surface area contributed by atoms with Crippen molar-refractivity contribution in [1.82, 2.24) is 4.98 Å². The molecule has 21 heavy (non-hydrogen) atoms. The number of allylic oxidation sites excluding steroid dienone is 1. The molecule has 2 nitrogen and oxygen atoms in total. The second-order valence-corrected chi connectivity index (χ2v) is 6.98. The SMILES string of the molecule is N#CC(=Cc1cccs1)c1nc(-c2ccc(Br)cc2)cs1. The van der Waals surface area contributed by atoms with Crippen molar-refractivity contribution in [2.24, 2.45) is 0 Å². The molecule has 0 saturated carbocycles. The fourth-order valence-electron chi connectivity index (χ4n) is 1.81. The molecule has 0 aliphatic carbocycles. The molecule has 102 valence electrons. The fraction of sp³-hybridized carbons (Fsp3) is 0. The average molecular weight is 373 g/mol. The molecule has 1 aromatic carbocycles. The number of hydrogen-bond acceptors (Lipinski definition) is 4. The number of nitrogens with zero attached hydrogens (tertiary/aromatic N) is 2. The van der Waals surface area contributed by atoms with Crippen LogP contribution in [0.5, 0.6) is 0 Å². The van der Waals surface area contributed by atoms with Gasteiger partial charge in [0, 0.05) is 20.3 Å². The number of thiophene rings is 1. The van der Waals surface area contributed by atoms with E-state index in [-0.39, 0.29) is 0 Å². The topological polar surface area (TPSA) is 36.7 Å². The highest BCUT2D eigenvalue weighted by molar-refractivity contribution is 9.10. The van der Waals surface area contributed by atoms with E-state index in [1.165, 1.54) is 11.3 Å². The molecule has 0 aliphatic heterocycles. The Morgan fingerprint density at radius 3 is 2.67 bits per heavy atom. The van der Waals surface area contributed by atoms with Crippen LogP contribution in [0.15, 0.2) is 51.6 Å². The monoisotopic (exact) mass is 372 g/mol. The number of thiazole rings is 1. The van der Waals surface area contributed by atoms with Crippen LogP contribution in [0.2, 0.25) is 0 Å². The van der Waals surface area contributed by atoms with Crippen molar-refractivity contribution in [2.75, 3.05) is 0 Å². The molecule has 2 heterocycles. The van der Waals surface area contributed by atoms with Crippen LogP contribution in [0.25, 0.3) is 22.9 Å². The van der Waals surface area contributed by atoms with E-state index in [0.717, 1.165) is 25.6 Å². The van der Waals surface area contributed by atoms with Crippen LogP contribution in [-0.2, 0) is 0 Å². The van der Waals surface area contributed by atoms with Gasteiger partial charge in [0.1, 0.15) is 11.1 Å². The van der Waals surface area contributed by atoms with Crippen LogP contribution in [0.4, 0.5) is 0 Å². The number of rotatable bonds is 3. The van der Waals surface area contributed by atoms with E-state index < -0.39 is 0 Å². The van der Waals surface area contributed by atoms with Gasteiger partial charge < -0.3 is 0 Å². The summed E-state index contributed by atoms with van der Waals surface area (Å²) in [6.07, 6.45) is 1.88. The molecule has 0 unspecified atom stereocenters. The minimum Gasteiger partial charge on any atom is -0.235 e. The third-order valence-electron chi connectivity index (χ3n) is 2.82. The summed E-state index contributed by atoms with van der Waals surface area (Å²) >= 11 is 6.53. The normalized spacial score (nSPS) is 11.3. The number of nitriles is 1. The van der Waals surface area contributed by atoms with Gasteiger partial charge in [-0.05, 0) is 29.7 Å². The van der Waals surface area contributed by atoms with Gasteiger partial charge in [0.15, 0.2) is 0 Å². The molecule has 0 spiro atoms. The van der Waals surface area contributed by atoms with Crippen molar-refractivity contribution >= 4 is 50.3 Å². The molecule has 0 aliphatic rings. The molecular formula is C16H9BrN2S2. The number of aromatic nitrogens is 1. The highest BCUT2D eigenvalue weighted by atomic mass is 79.9. The predicted molar refractivity (Wildman–Crippen MR) is 93.1 cm³/mol. The Labute approximate surface area is 139 Å². The molecule has 0 radical (unpaired) electrons. The van der Waals surface area contributed by atoms with Crippen molar-refractivity contribution in [3.05, 3.63) is 61.5 Å². The Bertz CT molecular complexity index is 809. The zero-order valence-corrected chi connectivity index (χ0v) is 14.0. The first kappa shape index (κ1) is 14.2. The van der Waals surface area contributed by atoms with Gasteiger partial charge in [-0.15, -0.1) is 22.7 Å². The first-order chi connectivity index (χ1) is 10.3. The van der Waals surface area contributed by atoms with Crippen LogP contribution < -0.4 is 0 Å². The van der Waals surface area contributed by atoms with Gasteiger partial charge in [0.05, 0.1) is 11.3 Å². The van der Waals surface area contributed by atoms with Crippen LogP contribution in [0, 0.1) is 11.3 Å². The van der Waals surface area contributed by atoms with E-state index in [1.54, 1.807) is 11.3 Å². The largest absolute Gasteiger partial charge is 0.235 e. The maximum Gasteiger partial charge on any atom is 0.134 e. The molecule has 3 rings (SSSR count). The lowest BCUT2D eigenvalue weighted by Crippen LogP contribution is -1.82. The van der Waals surface area contributed by atoms with Gasteiger partial charge in [-0.3, -0.25) is 0 Å². The second-order valence-electron chi connectivity index (χ2n) is 4.23. The molecule has 5 heteroatoms. The molecule has 0 atom stereocenters. The van der Waals surface area contributed by atoms with Gasteiger partial charge in [-0.25, -0.2) is 4.98 Å². The zero-order chi connectivity index (χ0) is 14.7. The van der Waals surface area contributed by atoms with E-state index in [4.69, 9.17) is 0 Å². The maximum atomic E-state index is 9.34. The molecule has 3 aromatic rings. The van der Waals surface area contributed by atoms with Gasteiger partial charge in [0.2, 0.25) is 0 Å². The van der Waals surface area contributed by atoms with Gasteiger partial charge in [0.25, 0.3) is 0 Å². The van der Waals surface area contributed by atoms with E-state index >= 15 is 0 Å².